The minimum absolute atomic E-state index is 0.383. The van der Waals surface area contributed by atoms with E-state index in [0.29, 0.717) is 18.4 Å². The van der Waals surface area contributed by atoms with Crippen molar-refractivity contribution in [1.29, 1.82) is 5.26 Å². The zero-order chi connectivity index (χ0) is 10.4. The summed E-state index contributed by atoms with van der Waals surface area (Å²) in [5, 5.41) is 8.43. The van der Waals surface area contributed by atoms with E-state index in [1.165, 1.54) is 13.3 Å². The molecule has 1 aromatic rings. The number of ether oxygens (including phenoxy) is 1. The molecule has 0 aliphatic carbocycles. The molecule has 0 N–H and O–H groups in total. The molecule has 0 radical (unpaired) electrons. The van der Waals surface area contributed by atoms with Gasteiger partial charge in [0.15, 0.2) is 0 Å². The summed E-state index contributed by atoms with van der Waals surface area (Å²) in [6.07, 6.45) is 3.98. The Kier molecular flexibility index (Phi) is 3.62. The summed E-state index contributed by atoms with van der Waals surface area (Å²) in [5.74, 6) is -0.411. The fourth-order valence-corrected chi connectivity index (χ4v) is 1.13. The minimum atomic E-state index is -0.411. The van der Waals surface area contributed by atoms with Gasteiger partial charge in [-0.05, 0) is 18.1 Å². The second-order valence-corrected chi connectivity index (χ2v) is 2.68. The molecule has 0 aliphatic rings. The van der Waals surface area contributed by atoms with Gasteiger partial charge in [-0.3, -0.25) is 4.98 Å². The minimum Gasteiger partial charge on any atom is -0.465 e. The van der Waals surface area contributed by atoms with E-state index in [-0.39, 0.29) is 0 Å². The first-order valence-corrected chi connectivity index (χ1v) is 4.17. The van der Waals surface area contributed by atoms with Gasteiger partial charge in [0.05, 0.1) is 18.7 Å². The molecule has 0 amide bonds. The number of esters is 1. The Bertz CT molecular complexity index is 369. The normalized spacial score (nSPS) is 9.14. The molecule has 0 aromatic carbocycles. The van der Waals surface area contributed by atoms with Crippen LogP contribution in [0.3, 0.4) is 0 Å². The standard InChI is InChI=1S/C10H10N2O2/c1-14-10(13)9-7-12-6-4-8(9)3-2-5-11/h4,6-7H,2-3H2,1H3. The van der Waals surface area contributed by atoms with Gasteiger partial charge in [0.1, 0.15) is 0 Å². The molecule has 4 nitrogen and oxygen atoms in total. The van der Waals surface area contributed by atoms with Crippen LogP contribution in [0.4, 0.5) is 0 Å². The van der Waals surface area contributed by atoms with Crippen LogP contribution < -0.4 is 0 Å². The van der Waals surface area contributed by atoms with Crippen LogP contribution in [0.2, 0.25) is 0 Å². The predicted octanol–water partition coefficient (Wildman–Crippen LogP) is 1.32. The van der Waals surface area contributed by atoms with Gasteiger partial charge in [-0.1, -0.05) is 0 Å². The van der Waals surface area contributed by atoms with E-state index in [0.717, 1.165) is 5.56 Å². The monoisotopic (exact) mass is 190 g/mol. The number of aryl methyl sites for hydroxylation is 1. The molecule has 1 aromatic heterocycles. The van der Waals surface area contributed by atoms with Crippen LogP contribution >= 0.6 is 0 Å². The molecule has 0 saturated carbocycles. The summed E-state index contributed by atoms with van der Waals surface area (Å²) >= 11 is 0. The van der Waals surface area contributed by atoms with Gasteiger partial charge in [0.2, 0.25) is 0 Å². The number of nitriles is 1. The van der Waals surface area contributed by atoms with Crippen LogP contribution in [-0.4, -0.2) is 18.1 Å². The van der Waals surface area contributed by atoms with E-state index in [4.69, 9.17) is 5.26 Å². The SMILES string of the molecule is COC(=O)c1cnccc1CCC#N. The highest BCUT2D eigenvalue weighted by Gasteiger charge is 2.10. The summed E-state index contributed by atoms with van der Waals surface area (Å²) in [4.78, 5) is 15.1. The second-order valence-electron chi connectivity index (χ2n) is 2.68. The van der Waals surface area contributed by atoms with Crippen molar-refractivity contribution >= 4 is 5.97 Å². The van der Waals surface area contributed by atoms with Crippen molar-refractivity contribution in [3.05, 3.63) is 29.6 Å². The van der Waals surface area contributed by atoms with E-state index in [1.807, 2.05) is 6.07 Å². The van der Waals surface area contributed by atoms with Gasteiger partial charge in [0, 0.05) is 18.8 Å². The van der Waals surface area contributed by atoms with Gasteiger partial charge in [-0.2, -0.15) is 5.26 Å². The van der Waals surface area contributed by atoms with E-state index in [2.05, 4.69) is 9.72 Å². The van der Waals surface area contributed by atoms with Crippen LogP contribution in [0.15, 0.2) is 18.5 Å². The number of hydrogen-bond donors (Lipinski definition) is 0. The molecule has 1 rings (SSSR count). The molecule has 0 atom stereocenters. The van der Waals surface area contributed by atoms with Crippen molar-refractivity contribution in [2.45, 2.75) is 12.8 Å². The third-order valence-corrected chi connectivity index (χ3v) is 1.82. The Morgan fingerprint density at radius 1 is 1.71 bits per heavy atom. The fourth-order valence-electron chi connectivity index (χ4n) is 1.13. The maximum absolute atomic E-state index is 11.3. The first-order valence-electron chi connectivity index (χ1n) is 4.17. The molecular formula is C10H10N2O2. The Labute approximate surface area is 82.1 Å². The third-order valence-electron chi connectivity index (χ3n) is 1.82. The van der Waals surface area contributed by atoms with E-state index < -0.39 is 5.97 Å². The molecular weight excluding hydrogens is 180 g/mol. The average Bonchev–Trinajstić information content (AvgIpc) is 2.25. The number of pyridine rings is 1. The fraction of sp³-hybridized carbons (Fsp3) is 0.300. The summed E-state index contributed by atoms with van der Waals surface area (Å²) in [6.45, 7) is 0. The molecule has 4 heteroatoms. The molecule has 0 bridgehead atoms. The first-order chi connectivity index (χ1) is 6.79. The molecule has 0 fully saturated rings. The van der Waals surface area contributed by atoms with Crippen LogP contribution in [0.25, 0.3) is 0 Å². The Morgan fingerprint density at radius 2 is 2.50 bits per heavy atom. The van der Waals surface area contributed by atoms with Gasteiger partial charge in [0.25, 0.3) is 0 Å². The number of carbonyl (C=O) groups is 1. The highest BCUT2D eigenvalue weighted by Crippen LogP contribution is 2.10. The predicted molar refractivity (Wildman–Crippen MR) is 49.5 cm³/mol. The molecule has 72 valence electrons. The number of carbonyl (C=O) groups excluding carboxylic acids is 1. The third kappa shape index (κ3) is 2.30. The number of nitrogens with zero attached hydrogens (tertiary/aromatic N) is 2. The van der Waals surface area contributed by atoms with Crippen LogP contribution in [0, 0.1) is 11.3 Å². The lowest BCUT2D eigenvalue weighted by Gasteiger charge is -2.04. The highest BCUT2D eigenvalue weighted by atomic mass is 16.5. The summed E-state index contributed by atoms with van der Waals surface area (Å²) in [5.41, 5.74) is 1.23. The lowest BCUT2D eigenvalue weighted by molar-refractivity contribution is 0.0599. The number of aromatic nitrogens is 1. The van der Waals surface area contributed by atoms with Gasteiger partial charge >= 0.3 is 5.97 Å². The quantitative estimate of drug-likeness (QED) is 0.674. The number of rotatable bonds is 3. The highest BCUT2D eigenvalue weighted by molar-refractivity contribution is 5.90. The van der Waals surface area contributed by atoms with Crippen LogP contribution in [0.5, 0.6) is 0 Å². The molecule has 0 saturated heterocycles. The summed E-state index contributed by atoms with van der Waals surface area (Å²) in [6, 6.07) is 3.75. The Hall–Kier alpha value is -1.89. The zero-order valence-electron chi connectivity index (χ0n) is 7.86. The van der Waals surface area contributed by atoms with Crippen molar-refractivity contribution in [3.63, 3.8) is 0 Å². The van der Waals surface area contributed by atoms with Gasteiger partial charge in [-0.15, -0.1) is 0 Å². The van der Waals surface area contributed by atoms with Crippen LogP contribution in [-0.2, 0) is 11.2 Å². The maximum atomic E-state index is 11.3. The molecule has 1 heterocycles. The Morgan fingerprint density at radius 3 is 3.14 bits per heavy atom. The topological polar surface area (TPSA) is 63.0 Å². The van der Waals surface area contributed by atoms with Crippen molar-refractivity contribution in [2.24, 2.45) is 0 Å². The van der Waals surface area contributed by atoms with Crippen molar-refractivity contribution in [1.82, 2.24) is 4.98 Å². The summed E-state index contributed by atoms with van der Waals surface area (Å²) in [7, 11) is 1.32. The van der Waals surface area contributed by atoms with Crippen molar-refractivity contribution in [2.75, 3.05) is 7.11 Å². The van der Waals surface area contributed by atoms with E-state index >= 15 is 0 Å². The number of hydrogen-bond acceptors (Lipinski definition) is 4. The lowest BCUT2D eigenvalue weighted by Crippen LogP contribution is -2.06. The zero-order valence-corrected chi connectivity index (χ0v) is 7.86. The molecule has 0 spiro atoms. The van der Waals surface area contributed by atoms with E-state index in [9.17, 15) is 4.79 Å². The second kappa shape index (κ2) is 4.97. The largest absolute Gasteiger partial charge is 0.465 e. The molecule has 14 heavy (non-hydrogen) atoms. The van der Waals surface area contributed by atoms with E-state index in [1.54, 1.807) is 12.3 Å². The first kappa shape index (κ1) is 10.2. The van der Waals surface area contributed by atoms with Crippen LogP contribution in [0.1, 0.15) is 22.3 Å². The van der Waals surface area contributed by atoms with Gasteiger partial charge in [-0.25, -0.2) is 4.79 Å². The summed E-state index contributed by atoms with van der Waals surface area (Å²) < 4.78 is 4.60. The smallest absolute Gasteiger partial charge is 0.339 e. The average molecular weight is 190 g/mol. The van der Waals surface area contributed by atoms with Crippen molar-refractivity contribution < 1.29 is 9.53 Å². The number of methoxy groups -OCH3 is 1. The Balaban J connectivity index is 2.92. The van der Waals surface area contributed by atoms with Gasteiger partial charge < -0.3 is 4.74 Å². The molecule has 0 aliphatic heterocycles. The van der Waals surface area contributed by atoms with Crippen molar-refractivity contribution in [3.8, 4) is 6.07 Å². The molecule has 0 unspecified atom stereocenters. The maximum Gasteiger partial charge on any atom is 0.339 e. The lowest BCUT2D eigenvalue weighted by atomic mass is 10.1.